The van der Waals surface area contributed by atoms with Crippen LogP contribution in [-0.4, -0.2) is 12.6 Å². The lowest BCUT2D eigenvalue weighted by molar-refractivity contribution is -0.143. The monoisotopic (exact) mass is 325 g/mol. The summed E-state index contributed by atoms with van der Waals surface area (Å²) in [5.41, 5.74) is 6.04. The fraction of sp³-hybridized carbons (Fsp3) is 0.364. The molecule has 0 heterocycles. The molecule has 0 saturated carbocycles. The smallest absolute Gasteiger partial charge is 0.307 e. The third kappa shape index (κ3) is 4.61. The molecule has 3 nitrogen and oxygen atoms in total. The molecule has 2 N–H and O–H groups in total. The van der Waals surface area contributed by atoms with Gasteiger partial charge in [0, 0.05) is 11.6 Å². The van der Waals surface area contributed by atoms with E-state index in [2.05, 4.69) is 15.9 Å². The van der Waals surface area contributed by atoms with Crippen molar-refractivity contribution in [1.29, 1.82) is 0 Å². The Labute approximate surface area is 114 Å². The Hall–Kier alpha value is -0.650. The number of nitrogens with two attached hydrogens (primary N) is 1. The fourth-order valence-corrected chi connectivity index (χ4v) is 1.70. The summed E-state index contributed by atoms with van der Waals surface area (Å²) in [6, 6.07) is 4.13. The molecule has 0 saturated heterocycles. The minimum atomic E-state index is -0.684. The molecule has 0 aliphatic heterocycles. The van der Waals surface area contributed by atoms with Gasteiger partial charge in [-0.05, 0) is 28.9 Å². The number of carbonyl (C=O) groups is 1. The summed E-state index contributed by atoms with van der Waals surface area (Å²) in [6.45, 7) is 2.01. The molecule has 0 bridgehead atoms. The average molecular weight is 327 g/mol. The summed E-state index contributed by atoms with van der Waals surface area (Å²) < 4.78 is 18.7. The molecule has 1 aromatic rings. The zero-order valence-electron chi connectivity index (χ0n) is 9.28. The highest BCUT2D eigenvalue weighted by molar-refractivity contribution is 9.10. The Morgan fingerprint density at radius 1 is 1.59 bits per heavy atom. The molecule has 1 aromatic carbocycles. The lowest BCUT2D eigenvalue weighted by atomic mass is 10.0. The summed E-state index contributed by atoms with van der Waals surface area (Å²) in [4.78, 5) is 11.2. The van der Waals surface area contributed by atoms with Gasteiger partial charge in [-0.25, -0.2) is 4.39 Å². The van der Waals surface area contributed by atoms with Gasteiger partial charge in [-0.3, -0.25) is 4.79 Å². The molecule has 96 valence electrons. The minimum absolute atomic E-state index is 0. The summed E-state index contributed by atoms with van der Waals surface area (Å²) in [5.74, 6) is -0.853. The van der Waals surface area contributed by atoms with Crippen molar-refractivity contribution in [3.8, 4) is 0 Å². The maximum absolute atomic E-state index is 13.6. The van der Waals surface area contributed by atoms with Gasteiger partial charge in [-0.15, -0.1) is 12.4 Å². The Balaban J connectivity index is 0.00000256. The SMILES string of the molecule is CCOC(=O)C[C@H](N)c1cccc(Br)c1F.Cl. The fourth-order valence-electron chi connectivity index (χ4n) is 1.32. The van der Waals surface area contributed by atoms with Gasteiger partial charge in [-0.1, -0.05) is 12.1 Å². The number of hydrogen-bond donors (Lipinski definition) is 1. The van der Waals surface area contributed by atoms with Crippen LogP contribution in [0.25, 0.3) is 0 Å². The molecule has 17 heavy (non-hydrogen) atoms. The van der Waals surface area contributed by atoms with E-state index in [1.165, 1.54) is 0 Å². The van der Waals surface area contributed by atoms with Crippen LogP contribution in [0.2, 0.25) is 0 Å². The normalized spacial score (nSPS) is 11.5. The van der Waals surface area contributed by atoms with Crippen LogP contribution in [0.3, 0.4) is 0 Å². The molecule has 0 fully saturated rings. The van der Waals surface area contributed by atoms with Gasteiger partial charge in [0.25, 0.3) is 0 Å². The molecule has 0 spiro atoms. The van der Waals surface area contributed by atoms with Crippen molar-refractivity contribution < 1.29 is 13.9 Å². The minimum Gasteiger partial charge on any atom is -0.466 e. The molecule has 1 rings (SSSR count). The largest absolute Gasteiger partial charge is 0.466 e. The highest BCUT2D eigenvalue weighted by Gasteiger charge is 2.17. The van der Waals surface area contributed by atoms with Gasteiger partial charge in [0.1, 0.15) is 5.82 Å². The predicted molar refractivity (Wildman–Crippen MR) is 69.5 cm³/mol. The van der Waals surface area contributed by atoms with Gasteiger partial charge in [0.2, 0.25) is 0 Å². The van der Waals surface area contributed by atoms with Crippen LogP contribution in [0, 0.1) is 5.82 Å². The van der Waals surface area contributed by atoms with Gasteiger partial charge in [-0.2, -0.15) is 0 Å². The first kappa shape index (κ1) is 16.4. The van der Waals surface area contributed by atoms with Crippen LogP contribution < -0.4 is 5.73 Å². The molecule has 0 aliphatic rings. The van der Waals surface area contributed by atoms with Crippen LogP contribution in [-0.2, 0) is 9.53 Å². The van der Waals surface area contributed by atoms with Crippen molar-refractivity contribution in [2.45, 2.75) is 19.4 Å². The highest BCUT2D eigenvalue weighted by Crippen LogP contribution is 2.24. The van der Waals surface area contributed by atoms with E-state index in [1.54, 1.807) is 25.1 Å². The highest BCUT2D eigenvalue weighted by atomic mass is 79.9. The molecular formula is C11H14BrClFNO2. The van der Waals surface area contributed by atoms with E-state index in [0.717, 1.165) is 0 Å². The van der Waals surface area contributed by atoms with Crippen LogP contribution in [0.15, 0.2) is 22.7 Å². The second-order valence-corrected chi connectivity index (χ2v) is 4.11. The number of ether oxygens (including phenoxy) is 1. The molecule has 0 radical (unpaired) electrons. The van der Waals surface area contributed by atoms with Gasteiger partial charge < -0.3 is 10.5 Å². The second-order valence-electron chi connectivity index (χ2n) is 3.26. The van der Waals surface area contributed by atoms with E-state index >= 15 is 0 Å². The van der Waals surface area contributed by atoms with Gasteiger partial charge in [0.05, 0.1) is 17.5 Å². The lowest BCUT2D eigenvalue weighted by Gasteiger charge is -2.12. The average Bonchev–Trinajstić information content (AvgIpc) is 2.22. The quantitative estimate of drug-likeness (QED) is 0.866. The predicted octanol–water partition coefficient (Wildman–Crippen LogP) is 2.96. The van der Waals surface area contributed by atoms with Crippen LogP contribution in [0.5, 0.6) is 0 Å². The lowest BCUT2D eigenvalue weighted by Crippen LogP contribution is -2.18. The standard InChI is InChI=1S/C11H13BrFNO2.ClH/c1-2-16-10(15)6-9(14)7-4-3-5-8(12)11(7)13;/h3-5,9H,2,6,14H2,1H3;1H/t9-;/m0./s1. The number of rotatable bonds is 4. The van der Waals surface area contributed by atoms with Crippen molar-refractivity contribution >= 4 is 34.3 Å². The summed E-state index contributed by atoms with van der Waals surface area (Å²) >= 11 is 3.06. The second kappa shape index (κ2) is 7.63. The van der Waals surface area contributed by atoms with E-state index in [1.807, 2.05) is 0 Å². The Bertz CT molecular complexity index is 390. The molecule has 1 atom stereocenters. The van der Waals surface area contributed by atoms with E-state index in [4.69, 9.17) is 10.5 Å². The van der Waals surface area contributed by atoms with Crippen molar-refractivity contribution in [3.05, 3.63) is 34.1 Å². The molecular weight excluding hydrogens is 312 g/mol. The van der Waals surface area contributed by atoms with E-state index in [0.29, 0.717) is 16.6 Å². The summed E-state index contributed by atoms with van der Waals surface area (Å²) in [6.07, 6.45) is -0.0266. The number of halogens is 3. The molecule has 0 unspecified atom stereocenters. The maximum atomic E-state index is 13.6. The maximum Gasteiger partial charge on any atom is 0.307 e. The Morgan fingerprint density at radius 3 is 2.82 bits per heavy atom. The van der Waals surface area contributed by atoms with Crippen molar-refractivity contribution in [3.63, 3.8) is 0 Å². The topological polar surface area (TPSA) is 52.3 Å². The first-order chi connectivity index (χ1) is 7.56. The van der Waals surface area contributed by atoms with Gasteiger partial charge >= 0.3 is 5.97 Å². The molecule has 0 aliphatic carbocycles. The van der Waals surface area contributed by atoms with Crippen molar-refractivity contribution in [1.82, 2.24) is 0 Å². The molecule has 0 amide bonds. The van der Waals surface area contributed by atoms with Crippen molar-refractivity contribution in [2.75, 3.05) is 6.61 Å². The molecule has 6 heteroatoms. The van der Waals surface area contributed by atoms with Gasteiger partial charge in [0.15, 0.2) is 0 Å². The Kier molecular flexibility index (Phi) is 7.34. The van der Waals surface area contributed by atoms with Crippen LogP contribution in [0.1, 0.15) is 24.9 Å². The Morgan fingerprint density at radius 2 is 2.24 bits per heavy atom. The molecule has 0 aromatic heterocycles. The number of carbonyl (C=O) groups excluding carboxylic acids is 1. The van der Waals surface area contributed by atoms with E-state index in [-0.39, 0.29) is 18.8 Å². The third-order valence-corrected chi connectivity index (χ3v) is 2.69. The summed E-state index contributed by atoms with van der Waals surface area (Å²) in [7, 11) is 0. The first-order valence-electron chi connectivity index (χ1n) is 4.91. The number of hydrogen-bond acceptors (Lipinski definition) is 3. The van der Waals surface area contributed by atoms with E-state index < -0.39 is 17.8 Å². The number of esters is 1. The van der Waals surface area contributed by atoms with E-state index in [9.17, 15) is 9.18 Å². The zero-order chi connectivity index (χ0) is 12.1. The number of benzene rings is 1. The van der Waals surface area contributed by atoms with Crippen molar-refractivity contribution in [2.24, 2.45) is 5.73 Å². The summed E-state index contributed by atoms with van der Waals surface area (Å²) in [5, 5.41) is 0. The first-order valence-corrected chi connectivity index (χ1v) is 5.70. The zero-order valence-corrected chi connectivity index (χ0v) is 11.7. The third-order valence-electron chi connectivity index (χ3n) is 2.07. The van der Waals surface area contributed by atoms with Crippen LogP contribution >= 0.6 is 28.3 Å². The van der Waals surface area contributed by atoms with Crippen LogP contribution in [0.4, 0.5) is 4.39 Å².